The standard InChI is InChI=1S/C16H24BrN3O/c1-11-6-7-14(13(17)9-11)19-16(21)10-20-8-4-3-5-15(20)12(2)18/h6-7,9,12,15H,3-5,8,10,18H2,1-2H3,(H,19,21). The molecule has 0 bridgehead atoms. The van der Waals surface area contributed by atoms with Crippen molar-refractivity contribution in [3.05, 3.63) is 28.2 Å². The number of rotatable bonds is 4. The van der Waals surface area contributed by atoms with E-state index in [1.54, 1.807) is 0 Å². The fraction of sp³-hybridized carbons (Fsp3) is 0.562. The number of nitrogens with zero attached hydrogens (tertiary/aromatic N) is 1. The summed E-state index contributed by atoms with van der Waals surface area (Å²) in [6, 6.07) is 6.33. The number of hydrogen-bond donors (Lipinski definition) is 2. The van der Waals surface area contributed by atoms with Gasteiger partial charge < -0.3 is 11.1 Å². The topological polar surface area (TPSA) is 58.4 Å². The summed E-state index contributed by atoms with van der Waals surface area (Å²) in [4.78, 5) is 14.5. The van der Waals surface area contributed by atoms with Crippen LogP contribution in [-0.2, 0) is 4.79 Å². The number of halogens is 1. The van der Waals surface area contributed by atoms with Crippen molar-refractivity contribution in [3.63, 3.8) is 0 Å². The fourth-order valence-corrected chi connectivity index (χ4v) is 3.50. The molecule has 1 fully saturated rings. The van der Waals surface area contributed by atoms with Crippen LogP contribution in [0.15, 0.2) is 22.7 Å². The Morgan fingerprint density at radius 3 is 2.95 bits per heavy atom. The second-order valence-corrected chi connectivity index (χ2v) is 6.78. The summed E-state index contributed by atoms with van der Waals surface area (Å²) < 4.78 is 0.915. The van der Waals surface area contributed by atoms with Crippen LogP contribution in [-0.4, -0.2) is 36.0 Å². The van der Waals surface area contributed by atoms with Crippen molar-refractivity contribution in [2.75, 3.05) is 18.4 Å². The van der Waals surface area contributed by atoms with Gasteiger partial charge in [-0.15, -0.1) is 0 Å². The van der Waals surface area contributed by atoms with Crippen molar-refractivity contribution in [2.24, 2.45) is 5.73 Å². The predicted molar refractivity (Wildman–Crippen MR) is 90.4 cm³/mol. The van der Waals surface area contributed by atoms with Crippen LogP contribution in [0.1, 0.15) is 31.7 Å². The lowest BCUT2D eigenvalue weighted by molar-refractivity contribution is -0.118. The highest BCUT2D eigenvalue weighted by molar-refractivity contribution is 9.10. The molecule has 5 heteroatoms. The van der Waals surface area contributed by atoms with Gasteiger partial charge in [-0.25, -0.2) is 0 Å². The van der Waals surface area contributed by atoms with Gasteiger partial charge in [-0.1, -0.05) is 12.5 Å². The molecule has 1 amide bonds. The van der Waals surface area contributed by atoms with Gasteiger partial charge in [0.25, 0.3) is 0 Å². The maximum Gasteiger partial charge on any atom is 0.238 e. The summed E-state index contributed by atoms with van der Waals surface area (Å²) in [7, 11) is 0. The minimum atomic E-state index is 0.0205. The number of carbonyl (C=O) groups is 1. The summed E-state index contributed by atoms with van der Waals surface area (Å²) in [5, 5.41) is 2.98. The number of piperidine rings is 1. The van der Waals surface area contributed by atoms with E-state index in [1.807, 2.05) is 32.0 Å². The smallest absolute Gasteiger partial charge is 0.238 e. The van der Waals surface area contributed by atoms with Gasteiger partial charge in [-0.2, -0.15) is 0 Å². The molecule has 3 N–H and O–H groups in total. The van der Waals surface area contributed by atoms with Gasteiger partial charge in [0.1, 0.15) is 0 Å². The van der Waals surface area contributed by atoms with Gasteiger partial charge in [0.2, 0.25) is 5.91 Å². The molecule has 4 nitrogen and oxygen atoms in total. The van der Waals surface area contributed by atoms with E-state index >= 15 is 0 Å². The largest absolute Gasteiger partial charge is 0.327 e. The van der Waals surface area contributed by atoms with Gasteiger partial charge in [0, 0.05) is 16.6 Å². The molecule has 0 spiro atoms. The zero-order valence-electron chi connectivity index (χ0n) is 12.7. The molecule has 1 aromatic rings. The number of aryl methyl sites for hydroxylation is 1. The summed E-state index contributed by atoms with van der Waals surface area (Å²) >= 11 is 3.49. The third kappa shape index (κ3) is 4.53. The minimum Gasteiger partial charge on any atom is -0.327 e. The number of benzene rings is 1. The van der Waals surface area contributed by atoms with Crippen molar-refractivity contribution < 1.29 is 4.79 Å². The van der Waals surface area contributed by atoms with Crippen LogP contribution in [0.5, 0.6) is 0 Å². The molecule has 0 aliphatic carbocycles. The summed E-state index contributed by atoms with van der Waals surface area (Å²) in [5.74, 6) is 0.0205. The normalized spacial score (nSPS) is 21.0. The van der Waals surface area contributed by atoms with Crippen LogP contribution in [0.4, 0.5) is 5.69 Å². The van der Waals surface area contributed by atoms with E-state index < -0.39 is 0 Å². The molecular weight excluding hydrogens is 330 g/mol. The van der Waals surface area contributed by atoms with Gasteiger partial charge in [0.05, 0.1) is 12.2 Å². The van der Waals surface area contributed by atoms with Crippen LogP contribution in [0.2, 0.25) is 0 Å². The molecule has 1 aliphatic heterocycles. The lowest BCUT2D eigenvalue weighted by atomic mass is 9.97. The van der Waals surface area contributed by atoms with Crippen LogP contribution < -0.4 is 11.1 Å². The van der Waals surface area contributed by atoms with Crippen LogP contribution in [0, 0.1) is 6.92 Å². The maximum atomic E-state index is 12.3. The Balaban J connectivity index is 1.97. The van der Waals surface area contributed by atoms with E-state index in [0.717, 1.165) is 35.1 Å². The Labute approximate surface area is 135 Å². The van der Waals surface area contributed by atoms with Crippen molar-refractivity contribution in [3.8, 4) is 0 Å². The Morgan fingerprint density at radius 2 is 2.29 bits per heavy atom. The highest BCUT2D eigenvalue weighted by Crippen LogP contribution is 2.24. The third-order valence-electron chi connectivity index (χ3n) is 4.02. The second-order valence-electron chi connectivity index (χ2n) is 5.92. The Kier molecular flexibility index (Phi) is 5.79. The number of hydrogen-bond acceptors (Lipinski definition) is 3. The highest BCUT2D eigenvalue weighted by atomic mass is 79.9. The summed E-state index contributed by atoms with van der Waals surface area (Å²) in [6.07, 6.45) is 3.43. The van der Waals surface area contributed by atoms with Crippen LogP contribution >= 0.6 is 15.9 Å². The van der Waals surface area contributed by atoms with Crippen molar-refractivity contribution >= 4 is 27.5 Å². The zero-order valence-corrected chi connectivity index (χ0v) is 14.3. The first kappa shape index (κ1) is 16.5. The number of carbonyl (C=O) groups excluding carboxylic acids is 1. The minimum absolute atomic E-state index is 0.0205. The van der Waals surface area contributed by atoms with Crippen molar-refractivity contribution in [1.82, 2.24) is 4.90 Å². The van der Waals surface area contributed by atoms with Crippen LogP contribution in [0.3, 0.4) is 0 Å². The molecule has 1 heterocycles. The summed E-state index contributed by atoms with van der Waals surface area (Å²) in [5.41, 5.74) is 8.03. The van der Waals surface area contributed by atoms with E-state index in [1.165, 1.54) is 6.42 Å². The zero-order chi connectivity index (χ0) is 15.4. The predicted octanol–water partition coefficient (Wildman–Crippen LogP) is 2.90. The molecule has 0 saturated carbocycles. The van der Waals surface area contributed by atoms with E-state index in [2.05, 4.69) is 26.1 Å². The van der Waals surface area contributed by atoms with Crippen LogP contribution in [0.25, 0.3) is 0 Å². The van der Waals surface area contributed by atoms with E-state index in [-0.39, 0.29) is 11.9 Å². The molecule has 2 atom stereocenters. The Hall–Kier alpha value is -0.910. The monoisotopic (exact) mass is 353 g/mol. The van der Waals surface area contributed by atoms with Gasteiger partial charge in [0.15, 0.2) is 0 Å². The molecule has 116 valence electrons. The first-order valence-corrected chi connectivity index (χ1v) is 8.32. The van der Waals surface area contributed by atoms with Gasteiger partial charge in [-0.05, 0) is 66.9 Å². The van der Waals surface area contributed by atoms with E-state index in [9.17, 15) is 4.79 Å². The molecule has 1 saturated heterocycles. The van der Waals surface area contributed by atoms with Crippen molar-refractivity contribution in [2.45, 2.75) is 45.2 Å². The van der Waals surface area contributed by atoms with E-state index in [4.69, 9.17) is 5.73 Å². The third-order valence-corrected chi connectivity index (χ3v) is 4.67. The molecule has 0 aromatic heterocycles. The number of nitrogens with two attached hydrogens (primary N) is 1. The van der Waals surface area contributed by atoms with Gasteiger partial charge >= 0.3 is 0 Å². The lowest BCUT2D eigenvalue weighted by Gasteiger charge is -2.37. The number of amides is 1. The Morgan fingerprint density at radius 1 is 1.52 bits per heavy atom. The fourth-order valence-electron chi connectivity index (χ4n) is 2.90. The molecule has 2 rings (SSSR count). The first-order valence-electron chi connectivity index (χ1n) is 7.53. The maximum absolute atomic E-state index is 12.3. The molecule has 21 heavy (non-hydrogen) atoms. The van der Waals surface area contributed by atoms with E-state index in [0.29, 0.717) is 12.6 Å². The number of likely N-dealkylation sites (tertiary alicyclic amines) is 1. The first-order chi connectivity index (χ1) is 9.97. The average molecular weight is 354 g/mol. The number of anilines is 1. The molecule has 1 aromatic carbocycles. The average Bonchev–Trinajstić information content (AvgIpc) is 2.42. The molecule has 0 radical (unpaired) electrons. The number of nitrogens with one attached hydrogen (secondary N) is 1. The summed E-state index contributed by atoms with van der Waals surface area (Å²) in [6.45, 7) is 5.41. The molecule has 2 unspecified atom stereocenters. The Bertz CT molecular complexity index is 504. The lowest BCUT2D eigenvalue weighted by Crippen LogP contribution is -2.51. The van der Waals surface area contributed by atoms with Crippen molar-refractivity contribution in [1.29, 1.82) is 0 Å². The molecular formula is C16H24BrN3O. The quantitative estimate of drug-likeness (QED) is 0.874. The SMILES string of the molecule is Cc1ccc(NC(=O)CN2CCCCC2C(C)N)c(Br)c1. The van der Waals surface area contributed by atoms with Gasteiger partial charge in [-0.3, -0.25) is 9.69 Å². The highest BCUT2D eigenvalue weighted by Gasteiger charge is 2.26. The second kappa shape index (κ2) is 7.38. The molecule has 1 aliphatic rings.